The standard InChI is InChI=1S/C17H20N2O4/c1-11-8-13(19(3)17(21)18(11)2)7-6-12-9-14(22-4)10-15(23-5)16(12)20/h6-10H,1-5H3/p+1. The second kappa shape index (κ2) is 6.56. The van der Waals surface area contributed by atoms with Gasteiger partial charge in [0.15, 0.2) is 11.5 Å². The van der Waals surface area contributed by atoms with Crippen LogP contribution in [0.15, 0.2) is 23.0 Å². The largest absolute Gasteiger partial charge is 0.504 e. The highest BCUT2D eigenvalue weighted by atomic mass is 16.5. The van der Waals surface area contributed by atoms with Crippen LogP contribution >= 0.6 is 0 Å². The molecular weight excluding hydrogens is 296 g/mol. The van der Waals surface area contributed by atoms with Crippen molar-refractivity contribution in [1.29, 1.82) is 0 Å². The minimum Gasteiger partial charge on any atom is -0.504 e. The number of aromatic nitrogens is 2. The molecule has 0 radical (unpaired) electrons. The number of rotatable bonds is 4. The van der Waals surface area contributed by atoms with Crippen LogP contribution in [0.2, 0.25) is 0 Å². The first kappa shape index (κ1) is 16.6. The van der Waals surface area contributed by atoms with Crippen molar-refractivity contribution in [3.63, 3.8) is 0 Å². The van der Waals surface area contributed by atoms with Crippen molar-refractivity contribution < 1.29 is 19.1 Å². The molecule has 0 spiro atoms. The Labute approximate surface area is 134 Å². The molecule has 0 saturated carbocycles. The van der Waals surface area contributed by atoms with Gasteiger partial charge in [-0.1, -0.05) is 0 Å². The molecule has 0 saturated heterocycles. The highest BCUT2D eigenvalue weighted by Gasteiger charge is 2.13. The van der Waals surface area contributed by atoms with Crippen LogP contribution in [0.25, 0.3) is 12.2 Å². The Bertz CT molecular complexity index is 822. The van der Waals surface area contributed by atoms with Gasteiger partial charge in [-0.05, 0) is 25.1 Å². The summed E-state index contributed by atoms with van der Waals surface area (Å²) >= 11 is 0. The number of ether oxygens (including phenoxy) is 2. The lowest BCUT2D eigenvalue weighted by atomic mass is 10.1. The first-order valence-corrected chi connectivity index (χ1v) is 7.08. The smallest absolute Gasteiger partial charge is 0.498 e. The van der Waals surface area contributed by atoms with Crippen molar-refractivity contribution in [3.05, 3.63) is 45.6 Å². The first-order valence-electron chi connectivity index (χ1n) is 7.08. The van der Waals surface area contributed by atoms with E-state index in [4.69, 9.17) is 9.47 Å². The van der Waals surface area contributed by atoms with Gasteiger partial charge >= 0.3 is 5.69 Å². The van der Waals surface area contributed by atoms with E-state index in [1.54, 1.807) is 50.1 Å². The lowest BCUT2D eigenvalue weighted by Crippen LogP contribution is -2.53. The fraction of sp³-hybridized carbons (Fsp3) is 0.294. The van der Waals surface area contributed by atoms with Crippen LogP contribution in [0.3, 0.4) is 0 Å². The van der Waals surface area contributed by atoms with Crippen LogP contribution < -0.4 is 19.7 Å². The average molecular weight is 317 g/mol. The van der Waals surface area contributed by atoms with E-state index in [0.717, 1.165) is 11.4 Å². The molecule has 2 aromatic rings. The van der Waals surface area contributed by atoms with E-state index in [0.29, 0.717) is 17.1 Å². The van der Waals surface area contributed by atoms with E-state index in [9.17, 15) is 9.90 Å². The summed E-state index contributed by atoms with van der Waals surface area (Å²) in [7, 11) is 6.45. The molecule has 1 aromatic heterocycles. The van der Waals surface area contributed by atoms with Crippen molar-refractivity contribution >= 4 is 12.2 Å². The molecule has 0 aliphatic carbocycles. The molecule has 0 unspecified atom stereocenters. The van der Waals surface area contributed by atoms with Crippen molar-refractivity contribution in [2.24, 2.45) is 14.1 Å². The Balaban J connectivity index is 2.51. The quantitative estimate of drug-likeness (QED) is 0.866. The molecule has 0 bridgehead atoms. The van der Waals surface area contributed by atoms with Crippen LogP contribution in [-0.4, -0.2) is 23.9 Å². The van der Waals surface area contributed by atoms with Gasteiger partial charge in [0.1, 0.15) is 17.1 Å². The topological polar surface area (TPSA) is 64.6 Å². The second-order valence-electron chi connectivity index (χ2n) is 5.21. The van der Waals surface area contributed by atoms with Gasteiger partial charge in [0.2, 0.25) is 0 Å². The summed E-state index contributed by atoms with van der Waals surface area (Å²) in [6, 6.07) is 5.20. The zero-order valence-corrected chi connectivity index (χ0v) is 14.0. The molecule has 0 aliphatic heterocycles. The zero-order valence-electron chi connectivity index (χ0n) is 14.0. The normalized spacial score (nSPS) is 11.0. The maximum Gasteiger partial charge on any atom is 0.498 e. The molecule has 1 heterocycles. The fourth-order valence-corrected chi connectivity index (χ4v) is 2.23. The van der Waals surface area contributed by atoms with Crippen LogP contribution in [0.5, 0.6) is 17.2 Å². The van der Waals surface area contributed by atoms with Crippen LogP contribution in [0.1, 0.15) is 17.0 Å². The van der Waals surface area contributed by atoms with E-state index in [-0.39, 0.29) is 11.4 Å². The van der Waals surface area contributed by atoms with Crippen LogP contribution in [-0.2, 0) is 14.1 Å². The molecule has 122 valence electrons. The summed E-state index contributed by atoms with van der Waals surface area (Å²) in [6.07, 6.45) is 3.48. The number of phenols is 1. The Morgan fingerprint density at radius 3 is 2.48 bits per heavy atom. The molecule has 23 heavy (non-hydrogen) atoms. The van der Waals surface area contributed by atoms with Crippen LogP contribution in [0, 0.1) is 6.92 Å². The van der Waals surface area contributed by atoms with E-state index >= 15 is 0 Å². The maximum atomic E-state index is 12.1. The summed E-state index contributed by atoms with van der Waals surface area (Å²) in [5, 5.41) is 10.2. The van der Waals surface area contributed by atoms with Gasteiger partial charge in [-0.15, -0.1) is 0 Å². The lowest BCUT2D eigenvalue weighted by molar-refractivity contribution is -0.692. The SMILES string of the molecule is COc1cc(C=Cc2cc(C)n(C)c(=O)[n+]2C)c(O)c(OC)c1. The van der Waals surface area contributed by atoms with Crippen molar-refractivity contribution in [3.8, 4) is 17.2 Å². The third kappa shape index (κ3) is 3.21. The third-order valence-electron chi connectivity index (χ3n) is 3.81. The highest BCUT2D eigenvalue weighted by molar-refractivity contribution is 5.73. The molecule has 0 atom stereocenters. The van der Waals surface area contributed by atoms with Gasteiger partial charge < -0.3 is 14.6 Å². The Morgan fingerprint density at radius 2 is 1.87 bits per heavy atom. The average Bonchev–Trinajstić information content (AvgIpc) is 2.56. The minimum absolute atomic E-state index is 0.0211. The van der Waals surface area contributed by atoms with Gasteiger partial charge in [-0.2, -0.15) is 13.9 Å². The van der Waals surface area contributed by atoms with Gasteiger partial charge in [0, 0.05) is 17.7 Å². The van der Waals surface area contributed by atoms with E-state index < -0.39 is 0 Å². The lowest BCUT2D eigenvalue weighted by Gasteiger charge is -2.09. The number of aromatic hydroxyl groups is 1. The summed E-state index contributed by atoms with van der Waals surface area (Å²) in [4.78, 5) is 12.1. The molecule has 6 heteroatoms. The molecule has 6 nitrogen and oxygen atoms in total. The number of benzene rings is 1. The highest BCUT2D eigenvalue weighted by Crippen LogP contribution is 2.35. The monoisotopic (exact) mass is 317 g/mol. The molecule has 1 N–H and O–H groups in total. The fourth-order valence-electron chi connectivity index (χ4n) is 2.23. The summed E-state index contributed by atoms with van der Waals surface area (Å²) in [6.45, 7) is 1.87. The van der Waals surface area contributed by atoms with Crippen LogP contribution in [0.4, 0.5) is 0 Å². The Kier molecular flexibility index (Phi) is 4.74. The summed E-state index contributed by atoms with van der Waals surface area (Å²) in [5.74, 6) is 0.921. The number of hydrogen-bond donors (Lipinski definition) is 1. The van der Waals surface area contributed by atoms with E-state index in [1.165, 1.54) is 11.7 Å². The molecular formula is C17H21N2O4+. The summed E-state index contributed by atoms with van der Waals surface area (Å²) < 4.78 is 13.4. The second-order valence-corrected chi connectivity index (χ2v) is 5.21. The molecule has 0 fully saturated rings. The number of nitrogens with zero attached hydrogens (tertiary/aromatic N) is 2. The molecule has 0 amide bonds. The molecule has 0 aliphatic rings. The minimum atomic E-state index is -0.114. The third-order valence-corrected chi connectivity index (χ3v) is 3.81. The Hall–Kier alpha value is -2.76. The molecule has 1 aromatic carbocycles. The number of hydrogen-bond acceptors (Lipinski definition) is 4. The first-order chi connectivity index (χ1) is 10.9. The Morgan fingerprint density at radius 1 is 1.17 bits per heavy atom. The molecule has 2 rings (SSSR count). The van der Waals surface area contributed by atoms with Gasteiger partial charge in [-0.3, -0.25) is 0 Å². The van der Waals surface area contributed by atoms with E-state index in [2.05, 4.69) is 0 Å². The number of aryl methyl sites for hydroxylation is 1. The van der Waals surface area contributed by atoms with Crippen molar-refractivity contribution in [1.82, 2.24) is 4.57 Å². The number of phenolic OH excluding ortho intramolecular Hbond substituents is 1. The zero-order chi connectivity index (χ0) is 17.1. The van der Waals surface area contributed by atoms with Gasteiger partial charge in [0.05, 0.1) is 28.3 Å². The van der Waals surface area contributed by atoms with E-state index in [1.807, 2.05) is 13.0 Å². The predicted molar refractivity (Wildman–Crippen MR) is 87.7 cm³/mol. The number of methoxy groups -OCH3 is 2. The van der Waals surface area contributed by atoms with Crippen molar-refractivity contribution in [2.75, 3.05) is 14.2 Å². The maximum absolute atomic E-state index is 12.1. The van der Waals surface area contributed by atoms with Gasteiger partial charge in [0.25, 0.3) is 0 Å². The van der Waals surface area contributed by atoms with Crippen molar-refractivity contribution in [2.45, 2.75) is 6.92 Å². The van der Waals surface area contributed by atoms with Gasteiger partial charge in [-0.25, -0.2) is 0 Å². The predicted octanol–water partition coefficient (Wildman–Crippen LogP) is 1.41. The summed E-state index contributed by atoms with van der Waals surface area (Å²) in [5.41, 5.74) is 2.00.